The summed E-state index contributed by atoms with van der Waals surface area (Å²) in [5.74, 6) is 2.33. The molecule has 1 N–H and O–H groups in total. The van der Waals surface area contributed by atoms with Crippen LogP contribution in [0.3, 0.4) is 0 Å². The number of hydrogen-bond acceptors (Lipinski definition) is 6. The van der Waals surface area contributed by atoms with Gasteiger partial charge in [-0.25, -0.2) is 4.68 Å². The van der Waals surface area contributed by atoms with Crippen LogP contribution in [0.25, 0.3) is 17.1 Å². The van der Waals surface area contributed by atoms with E-state index in [-0.39, 0.29) is 18.1 Å². The molecule has 0 fully saturated rings. The summed E-state index contributed by atoms with van der Waals surface area (Å²) >= 11 is 0. The molecule has 0 aliphatic carbocycles. The third kappa shape index (κ3) is 5.68. The first-order valence-electron chi connectivity index (χ1n) is 11.6. The van der Waals surface area contributed by atoms with E-state index in [9.17, 15) is 4.79 Å². The van der Waals surface area contributed by atoms with Crippen LogP contribution in [0.2, 0.25) is 0 Å². The lowest BCUT2D eigenvalue weighted by molar-refractivity contribution is -0.117. The van der Waals surface area contributed by atoms with Crippen molar-refractivity contribution in [3.05, 3.63) is 42.5 Å². The average molecular weight is 465 g/mol. The largest absolute Gasteiger partial charge is 0.463 e. The van der Waals surface area contributed by atoms with E-state index in [1.807, 2.05) is 49.4 Å². The van der Waals surface area contributed by atoms with Crippen LogP contribution in [0.4, 0.5) is 5.69 Å². The Bertz CT molecular complexity index is 1150. The first-order chi connectivity index (χ1) is 16.2. The minimum Gasteiger partial charge on any atom is -0.463 e. The first-order valence-corrected chi connectivity index (χ1v) is 11.6. The Kier molecular flexibility index (Phi) is 6.77. The maximum absolute atomic E-state index is 12.5. The maximum Gasteiger partial charge on any atom is 0.336 e. The quantitative estimate of drug-likeness (QED) is 0.476. The van der Waals surface area contributed by atoms with Crippen LogP contribution in [0.15, 0.2) is 42.5 Å². The zero-order chi connectivity index (χ0) is 24.3. The fourth-order valence-corrected chi connectivity index (χ4v) is 4.22. The Morgan fingerprint density at radius 1 is 1.15 bits per heavy atom. The molecule has 2 aromatic carbocycles. The van der Waals surface area contributed by atoms with Crippen LogP contribution in [0.5, 0.6) is 17.5 Å². The average Bonchev–Trinajstić information content (AvgIpc) is 3.39. The van der Waals surface area contributed by atoms with Crippen molar-refractivity contribution in [2.75, 3.05) is 18.7 Å². The number of ether oxygens (including phenoxy) is 3. The van der Waals surface area contributed by atoms with Gasteiger partial charge in [0.15, 0.2) is 17.3 Å². The van der Waals surface area contributed by atoms with Gasteiger partial charge in [-0.05, 0) is 67.1 Å². The second-order valence-corrected chi connectivity index (χ2v) is 9.80. The summed E-state index contributed by atoms with van der Waals surface area (Å²) in [5.41, 5.74) is 2.57. The molecule has 8 nitrogen and oxygen atoms in total. The number of nitrogens with zero attached hydrogens (tertiary/aromatic N) is 3. The topological polar surface area (TPSA) is 87.5 Å². The van der Waals surface area contributed by atoms with Gasteiger partial charge in [-0.3, -0.25) is 4.79 Å². The molecule has 1 aromatic heterocycles. The Balaban J connectivity index is 1.52. The van der Waals surface area contributed by atoms with Gasteiger partial charge in [0.1, 0.15) is 0 Å². The number of amides is 1. The first kappa shape index (κ1) is 23.6. The highest BCUT2D eigenvalue weighted by atomic mass is 16.7. The molecule has 0 saturated carbocycles. The lowest BCUT2D eigenvalue weighted by atomic mass is 9.84. The normalized spacial score (nSPS) is 13.6. The van der Waals surface area contributed by atoms with Gasteiger partial charge in [-0.15, -0.1) is 5.10 Å². The molecule has 180 valence electrons. The van der Waals surface area contributed by atoms with E-state index < -0.39 is 0 Å². The van der Waals surface area contributed by atoms with Crippen molar-refractivity contribution in [2.45, 2.75) is 47.5 Å². The third-order valence-corrected chi connectivity index (χ3v) is 5.38. The van der Waals surface area contributed by atoms with Gasteiger partial charge in [0.2, 0.25) is 12.7 Å². The summed E-state index contributed by atoms with van der Waals surface area (Å²) in [7, 11) is 0. The Morgan fingerprint density at radius 3 is 2.59 bits per heavy atom. The monoisotopic (exact) mass is 464 g/mol. The van der Waals surface area contributed by atoms with Crippen LogP contribution in [-0.4, -0.2) is 34.1 Å². The molecule has 2 heterocycles. The molecule has 3 aromatic rings. The molecule has 4 rings (SSSR count). The van der Waals surface area contributed by atoms with Crippen LogP contribution in [0.1, 0.15) is 47.5 Å². The summed E-state index contributed by atoms with van der Waals surface area (Å²) in [5, 5.41) is 7.53. The third-order valence-electron chi connectivity index (χ3n) is 5.38. The molecule has 8 heteroatoms. The highest BCUT2D eigenvalue weighted by molar-refractivity contribution is 5.90. The number of benzene rings is 2. The Hall–Kier alpha value is -3.55. The lowest BCUT2D eigenvalue weighted by Gasteiger charge is -2.22. The zero-order valence-electron chi connectivity index (χ0n) is 20.4. The lowest BCUT2D eigenvalue weighted by Crippen LogP contribution is -2.18. The second-order valence-electron chi connectivity index (χ2n) is 9.80. The van der Waals surface area contributed by atoms with Crippen molar-refractivity contribution >= 4 is 11.6 Å². The van der Waals surface area contributed by atoms with Gasteiger partial charge >= 0.3 is 6.01 Å². The van der Waals surface area contributed by atoms with Gasteiger partial charge in [-0.1, -0.05) is 27.7 Å². The highest BCUT2D eigenvalue weighted by Crippen LogP contribution is 2.36. The SMILES string of the molecule is CCOc1nc(-c2ccc3c(c2)OCO3)n(-c2ccc(NC(=O)CC(C)CC(C)(C)C)cc2)n1. The minimum atomic E-state index is 0.0185. The molecule has 0 radical (unpaired) electrons. The Morgan fingerprint density at radius 2 is 1.88 bits per heavy atom. The molecular formula is C26H32N4O4. The van der Waals surface area contributed by atoms with Gasteiger partial charge in [0.05, 0.1) is 12.3 Å². The van der Waals surface area contributed by atoms with Crippen molar-refractivity contribution in [1.29, 1.82) is 0 Å². The molecule has 1 amide bonds. The standard InChI is InChI=1S/C26H32N4O4/c1-6-32-25-28-24(18-7-12-21-22(14-18)34-16-33-21)30(29-25)20-10-8-19(9-11-20)27-23(31)13-17(2)15-26(3,4)5/h7-12,14,17H,6,13,15-16H2,1-5H3,(H,27,31). The van der Waals surface area contributed by atoms with E-state index >= 15 is 0 Å². The second kappa shape index (κ2) is 9.75. The van der Waals surface area contributed by atoms with Crippen LogP contribution in [0, 0.1) is 11.3 Å². The number of aromatic nitrogens is 3. The van der Waals surface area contributed by atoms with Crippen molar-refractivity contribution in [2.24, 2.45) is 11.3 Å². The predicted octanol–water partition coefficient (Wildman–Crippen LogP) is 5.46. The fourth-order valence-electron chi connectivity index (χ4n) is 4.22. The number of nitrogens with one attached hydrogen (secondary N) is 1. The summed E-state index contributed by atoms with van der Waals surface area (Å²) in [4.78, 5) is 17.1. The van der Waals surface area contributed by atoms with Gasteiger partial charge in [-0.2, -0.15) is 4.98 Å². The molecule has 1 aliphatic rings. The van der Waals surface area contributed by atoms with Crippen molar-refractivity contribution < 1.29 is 19.0 Å². The van der Waals surface area contributed by atoms with E-state index in [2.05, 4.69) is 43.1 Å². The zero-order valence-corrected chi connectivity index (χ0v) is 20.4. The number of carbonyl (C=O) groups excluding carboxylic acids is 1. The summed E-state index contributed by atoms with van der Waals surface area (Å²) < 4.78 is 18.2. The van der Waals surface area contributed by atoms with Crippen LogP contribution in [-0.2, 0) is 4.79 Å². The smallest absolute Gasteiger partial charge is 0.336 e. The van der Waals surface area contributed by atoms with E-state index in [4.69, 9.17) is 14.2 Å². The maximum atomic E-state index is 12.5. The molecule has 1 aliphatic heterocycles. The van der Waals surface area contributed by atoms with E-state index in [0.29, 0.717) is 42.3 Å². The van der Waals surface area contributed by atoms with Crippen molar-refractivity contribution in [3.63, 3.8) is 0 Å². The molecule has 1 atom stereocenters. The van der Waals surface area contributed by atoms with Gasteiger partial charge < -0.3 is 19.5 Å². The summed E-state index contributed by atoms with van der Waals surface area (Å²) in [6.45, 7) is 11.3. The number of carbonyl (C=O) groups is 1. The van der Waals surface area contributed by atoms with Crippen molar-refractivity contribution in [3.8, 4) is 34.6 Å². The van der Waals surface area contributed by atoms with E-state index in [1.165, 1.54) is 0 Å². The van der Waals surface area contributed by atoms with E-state index in [1.54, 1.807) is 4.68 Å². The number of fused-ring (bicyclic) bond motifs is 1. The molecule has 0 saturated heterocycles. The van der Waals surface area contributed by atoms with Crippen LogP contribution >= 0.6 is 0 Å². The number of anilines is 1. The molecular weight excluding hydrogens is 432 g/mol. The van der Waals surface area contributed by atoms with Crippen molar-refractivity contribution in [1.82, 2.24) is 14.8 Å². The van der Waals surface area contributed by atoms with Gasteiger partial charge in [0, 0.05) is 17.7 Å². The molecule has 1 unspecified atom stereocenters. The minimum absolute atomic E-state index is 0.0185. The predicted molar refractivity (Wildman–Crippen MR) is 131 cm³/mol. The summed E-state index contributed by atoms with van der Waals surface area (Å²) in [6.07, 6.45) is 1.49. The van der Waals surface area contributed by atoms with E-state index in [0.717, 1.165) is 23.4 Å². The fraction of sp³-hybridized carbons (Fsp3) is 0.423. The molecule has 34 heavy (non-hydrogen) atoms. The number of rotatable bonds is 8. The molecule has 0 spiro atoms. The van der Waals surface area contributed by atoms with Crippen LogP contribution < -0.4 is 19.5 Å². The van der Waals surface area contributed by atoms with Gasteiger partial charge in [0.25, 0.3) is 0 Å². The summed E-state index contributed by atoms with van der Waals surface area (Å²) in [6, 6.07) is 13.5. The number of hydrogen-bond donors (Lipinski definition) is 1. The molecule has 0 bridgehead atoms. The highest BCUT2D eigenvalue weighted by Gasteiger charge is 2.20. The Labute approximate surface area is 200 Å².